The first-order chi connectivity index (χ1) is 9.29. The second-order valence-electron chi connectivity index (χ2n) is 6.12. The standard InChI is InChI=1S/C13H21N3O3S/c1-4-16-9(2)14-13(12(16)17)6-5-10-7-15(8-11(10)13)20(3,18)19/h10-11H,4-8H2,1-3H3/t10-,11+,13-/m1/s1. The van der Waals surface area contributed by atoms with Crippen molar-refractivity contribution >= 4 is 21.8 Å². The Morgan fingerprint density at radius 2 is 2.10 bits per heavy atom. The van der Waals surface area contributed by atoms with Gasteiger partial charge in [-0.3, -0.25) is 14.7 Å². The van der Waals surface area contributed by atoms with Crippen LogP contribution in [0.2, 0.25) is 0 Å². The summed E-state index contributed by atoms with van der Waals surface area (Å²) in [6, 6.07) is 0. The fraction of sp³-hybridized carbons (Fsp3) is 0.846. The minimum atomic E-state index is -3.18. The van der Waals surface area contributed by atoms with Gasteiger partial charge < -0.3 is 0 Å². The van der Waals surface area contributed by atoms with Crippen molar-refractivity contribution in [2.75, 3.05) is 25.9 Å². The van der Waals surface area contributed by atoms with Crippen LogP contribution in [0.4, 0.5) is 0 Å². The first-order valence-electron chi connectivity index (χ1n) is 7.13. The smallest absolute Gasteiger partial charge is 0.256 e. The van der Waals surface area contributed by atoms with Crippen LogP contribution in [-0.4, -0.2) is 60.8 Å². The van der Waals surface area contributed by atoms with Gasteiger partial charge in [0.15, 0.2) is 0 Å². The Morgan fingerprint density at radius 3 is 2.65 bits per heavy atom. The lowest BCUT2D eigenvalue weighted by Crippen LogP contribution is -2.46. The van der Waals surface area contributed by atoms with Crippen LogP contribution < -0.4 is 0 Å². The molecule has 2 aliphatic heterocycles. The molecule has 1 saturated heterocycles. The molecule has 2 fully saturated rings. The van der Waals surface area contributed by atoms with Crippen LogP contribution in [-0.2, 0) is 14.8 Å². The highest BCUT2D eigenvalue weighted by Gasteiger charge is 2.61. The number of likely N-dealkylation sites (N-methyl/N-ethyl adjacent to an activating group) is 1. The Hall–Kier alpha value is -0.950. The summed E-state index contributed by atoms with van der Waals surface area (Å²) >= 11 is 0. The number of sulfonamides is 1. The van der Waals surface area contributed by atoms with E-state index in [0.717, 1.165) is 18.7 Å². The molecule has 1 amide bonds. The number of fused-ring (bicyclic) bond motifs is 2. The van der Waals surface area contributed by atoms with Crippen molar-refractivity contribution in [1.82, 2.24) is 9.21 Å². The highest BCUT2D eigenvalue weighted by Crippen LogP contribution is 2.50. The predicted octanol–water partition coefficient (Wildman–Crippen LogP) is 0.307. The van der Waals surface area contributed by atoms with Crippen LogP contribution in [0.1, 0.15) is 26.7 Å². The van der Waals surface area contributed by atoms with Gasteiger partial charge in [-0.1, -0.05) is 0 Å². The number of amidine groups is 1. The van der Waals surface area contributed by atoms with Gasteiger partial charge in [-0.25, -0.2) is 12.7 Å². The maximum Gasteiger partial charge on any atom is 0.256 e. The molecule has 3 atom stereocenters. The maximum atomic E-state index is 12.7. The summed E-state index contributed by atoms with van der Waals surface area (Å²) in [7, 11) is -3.18. The molecule has 1 spiro atoms. The van der Waals surface area contributed by atoms with E-state index in [-0.39, 0.29) is 17.7 Å². The number of carbonyl (C=O) groups excluding carboxylic acids is 1. The molecule has 0 radical (unpaired) electrons. The number of nitrogens with zero attached hydrogens (tertiary/aromatic N) is 3. The molecule has 2 heterocycles. The average Bonchev–Trinajstić information content (AvgIpc) is 2.95. The fourth-order valence-corrected chi connectivity index (χ4v) is 4.97. The Bertz CT molecular complexity index is 586. The zero-order chi connectivity index (χ0) is 14.7. The van der Waals surface area contributed by atoms with E-state index in [1.54, 1.807) is 4.90 Å². The van der Waals surface area contributed by atoms with Crippen molar-refractivity contribution in [2.24, 2.45) is 16.8 Å². The molecule has 0 aromatic carbocycles. The maximum absolute atomic E-state index is 12.7. The van der Waals surface area contributed by atoms with Crippen LogP contribution in [0.3, 0.4) is 0 Å². The molecule has 0 N–H and O–H groups in total. The summed E-state index contributed by atoms with van der Waals surface area (Å²) < 4.78 is 25.0. The first-order valence-corrected chi connectivity index (χ1v) is 8.98. The Morgan fingerprint density at radius 1 is 1.40 bits per heavy atom. The van der Waals surface area contributed by atoms with Crippen molar-refractivity contribution in [3.63, 3.8) is 0 Å². The van der Waals surface area contributed by atoms with Crippen molar-refractivity contribution in [1.29, 1.82) is 0 Å². The molecule has 6 nitrogen and oxygen atoms in total. The van der Waals surface area contributed by atoms with Crippen LogP contribution in [0.5, 0.6) is 0 Å². The monoisotopic (exact) mass is 299 g/mol. The Balaban J connectivity index is 1.93. The summed E-state index contributed by atoms with van der Waals surface area (Å²) in [6.45, 7) is 5.42. The number of rotatable bonds is 2. The SMILES string of the molecule is CCN1C(=O)[C@]2(CC[C@@H]3CN(S(C)(=O)=O)C[C@@H]32)N=C1C. The molecule has 0 unspecified atom stereocenters. The van der Waals surface area contributed by atoms with Gasteiger partial charge in [-0.15, -0.1) is 0 Å². The van der Waals surface area contributed by atoms with E-state index in [1.807, 2.05) is 13.8 Å². The van der Waals surface area contributed by atoms with Gasteiger partial charge >= 0.3 is 0 Å². The minimum Gasteiger partial charge on any atom is -0.299 e. The lowest BCUT2D eigenvalue weighted by Gasteiger charge is -2.27. The molecule has 20 heavy (non-hydrogen) atoms. The highest BCUT2D eigenvalue weighted by atomic mass is 32.2. The number of amides is 1. The second kappa shape index (κ2) is 4.27. The molecule has 7 heteroatoms. The molecule has 1 saturated carbocycles. The second-order valence-corrected chi connectivity index (χ2v) is 8.10. The average molecular weight is 299 g/mol. The van der Waals surface area contributed by atoms with E-state index in [9.17, 15) is 13.2 Å². The molecule has 3 aliphatic rings. The van der Waals surface area contributed by atoms with E-state index in [4.69, 9.17) is 0 Å². The molecule has 0 aromatic rings. The predicted molar refractivity (Wildman–Crippen MR) is 75.9 cm³/mol. The van der Waals surface area contributed by atoms with Gasteiger partial charge in [0.25, 0.3) is 5.91 Å². The quantitative estimate of drug-likeness (QED) is 0.736. The Kier molecular flexibility index (Phi) is 2.99. The van der Waals surface area contributed by atoms with Gasteiger partial charge in [-0.2, -0.15) is 0 Å². The van der Waals surface area contributed by atoms with E-state index in [2.05, 4.69) is 4.99 Å². The fourth-order valence-electron chi connectivity index (χ4n) is 4.08. The van der Waals surface area contributed by atoms with Gasteiger partial charge in [0.1, 0.15) is 11.4 Å². The van der Waals surface area contributed by atoms with Crippen LogP contribution in [0.25, 0.3) is 0 Å². The number of hydrogen-bond acceptors (Lipinski definition) is 4. The first kappa shape index (κ1) is 14.0. The van der Waals surface area contributed by atoms with Crippen LogP contribution >= 0.6 is 0 Å². The van der Waals surface area contributed by atoms with Crippen molar-refractivity contribution in [3.8, 4) is 0 Å². The van der Waals surface area contributed by atoms with Gasteiger partial charge in [0, 0.05) is 25.6 Å². The highest BCUT2D eigenvalue weighted by molar-refractivity contribution is 7.88. The lowest BCUT2D eigenvalue weighted by molar-refractivity contribution is -0.132. The number of hydrogen-bond donors (Lipinski definition) is 0. The van der Waals surface area contributed by atoms with Gasteiger partial charge in [-0.05, 0) is 32.6 Å². The van der Waals surface area contributed by atoms with Gasteiger partial charge in [0.05, 0.1) is 6.26 Å². The van der Waals surface area contributed by atoms with E-state index >= 15 is 0 Å². The van der Waals surface area contributed by atoms with Crippen molar-refractivity contribution in [2.45, 2.75) is 32.2 Å². The Labute approximate surface area is 119 Å². The van der Waals surface area contributed by atoms with Crippen LogP contribution in [0, 0.1) is 11.8 Å². The zero-order valence-corrected chi connectivity index (χ0v) is 13.0. The van der Waals surface area contributed by atoms with E-state index in [1.165, 1.54) is 10.6 Å². The topological polar surface area (TPSA) is 70.1 Å². The summed E-state index contributed by atoms with van der Waals surface area (Å²) in [5.41, 5.74) is -0.690. The third-order valence-corrected chi connectivity index (χ3v) is 6.31. The summed E-state index contributed by atoms with van der Waals surface area (Å²) in [5.74, 6) is 1.15. The van der Waals surface area contributed by atoms with Crippen molar-refractivity contribution in [3.05, 3.63) is 0 Å². The lowest BCUT2D eigenvalue weighted by atomic mass is 9.85. The molecular weight excluding hydrogens is 278 g/mol. The third kappa shape index (κ3) is 1.75. The summed E-state index contributed by atoms with van der Waals surface area (Å²) in [6.07, 6.45) is 2.88. The largest absolute Gasteiger partial charge is 0.299 e. The minimum absolute atomic E-state index is 0.0382. The van der Waals surface area contributed by atoms with Crippen LogP contribution in [0.15, 0.2) is 4.99 Å². The number of carbonyl (C=O) groups is 1. The van der Waals surface area contributed by atoms with Crippen molar-refractivity contribution < 1.29 is 13.2 Å². The molecular formula is C13H21N3O3S. The normalized spacial score (nSPS) is 37.9. The number of aliphatic imine (C=N–C) groups is 1. The molecule has 3 rings (SSSR count). The summed E-state index contributed by atoms with van der Waals surface area (Å²) in [5, 5.41) is 0. The molecule has 1 aliphatic carbocycles. The molecule has 112 valence electrons. The third-order valence-electron chi connectivity index (χ3n) is 5.07. The van der Waals surface area contributed by atoms with E-state index < -0.39 is 15.6 Å². The molecule has 0 aromatic heterocycles. The molecule has 0 bridgehead atoms. The summed E-state index contributed by atoms with van der Waals surface area (Å²) in [4.78, 5) is 19.1. The zero-order valence-electron chi connectivity index (χ0n) is 12.2. The van der Waals surface area contributed by atoms with E-state index in [0.29, 0.717) is 19.6 Å². The van der Waals surface area contributed by atoms with Gasteiger partial charge in [0.2, 0.25) is 10.0 Å².